The van der Waals surface area contributed by atoms with E-state index in [1.54, 1.807) is 0 Å². The molecule has 0 aliphatic heterocycles. The summed E-state index contributed by atoms with van der Waals surface area (Å²) in [6, 6.07) is 14.5. The Morgan fingerprint density at radius 1 is 0.327 bits per heavy atom. The molecule has 3 aromatic rings. The largest absolute Gasteiger partial charge is 0.544 e. The first-order chi connectivity index (χ1) is 23.6. The van der Waals surface area contributed by atoms with E-state index in [1.807, 2.05) is 0 Å². The fourth-order valence-corrected chi connectivity index (χ4v) is 13.6. The fourth-order valence-electron chi connectivity index (χ4n) is 6.94. The Kier molecular flexibility index (Phi) is 14.5. The van der Waals surface area contributed by atoms with Crippen molar-refractivity contribution in [3.63, 3.8) is 0 Å². The van der Waals surface area contributed by atoms with Gasteiger partial charge in [0.2, 0.25) is 25.0 Å². The van der Waals surface area contributed by atoms with Crippen LogP contribution in [0.5, 0.6) is 17.2 Å². The molecule has 3 rings (SSSR count). The highest BCUT2D eigenvalue weighted by Crippen LogP contribution is 2.49. The molecule has 0 atom stereocenters. The van der Waals surface area contributed by atoms with Crippen molar-refractivity contribution in [2.24, 2.45) is 0 Å². The van der Waals surface area contributed by atoms with Gasteiger partial charge >= 0.3 is 0 Å². The first-order valence-electron chi connectivity index (χ1n) is 20.0. The van der Waals surface area contributed by atoms with Gasteiger partial charge in [0.1, 0.15) is 17.2 Å². The normalized spacial score (nSPS) is 13.2. The molecule has 0 heterocycles. The monoisotopic (exact) mass is 778 g/mol. The molecular weight excluding hydrogens is 704 g/mol. The van der Waals surface area contributed by atoms with E-state index in [0.29, 0.717) is 35.5 Å². The van der Waals surface area contributed by atoms with Gasteiger partial charge in [-0.1, -0.05) is 83.1 Å². The second-order valence-corrected chi connectivity index (χ2v) is 35.1. The minimum absolute atomic E-state index is 0.321. The van der Waals surface area contributed by atoms with Gasteiger partial charge in [-0.2, -0.15) is 0 Å². The van der Waals surface area contributed by atoms with Gasteiger partial charge in [-0.3, -0.25) is 0 Å². The van der Waals surface area contributed by atoms with Crippen LogP contribution in [-0.2, 0) is 0 Å². The summed E-state index contributed by atoms with van der Waals surface area (Å²) >= 11 is 0. The lowest BCUT2D eigenvalue weighted by Crippen LogP contribution is -2.36. The van der Waals surface area contributed by atoms with Crippen LogP contribution >= 0.6 is 7.92 Å². The lowest BCUT2D eigenvalue weighted by Gasteiger charge is -2.37. The lowest BCUT2D eigenvalue weighted by atomic mass is 9.94. The van der Waals surface area contributed by atoms with Gasteiger partial charge in [0, 0.05) is 0 Å². The van der Waals surface area contributed by atoms with Crippen LogP contribution in [-0.4, -0.2) is 25.0 Å². The summed E-state index contributed by atoms with van der Waals surface area (Å²) < 4.78 is 20.5. The second-order valence-electron chi connectivity index (χ2n) is 19.8. The minimum atomic E-state index is -1.85. The molecule has 290 valence electrons. The smallest absolute Gasteiger partial charge is 0.242 e. The van der Waals surface area contributed by atoms with E-state index in [9.17, 15) is 0 Å². The first-order valence-corrected chi connectivity index (χ1v) is 31.6. The van der Waals surface area contributed by atoms with Gasteiger partial charge in [-0.15, -0.1) is 0 Å². The van der Waals surface area contributed by atoms with Crippen LogP contribution in [0.15, 0.2) is 36.4 Å². The van der Waals surface area contributed by atoms with Crippen LogP contribution in [0, 0.1) is 0 Å². The minimum Gasteiger partial charge on any atom is -0.544 e. The van der Waals surface area contributed by atoms with Gasteiger partial charge in [0.25, 0.3) is 0 Å². The maximum absolute atomic E-state index is 6.82. The van der Waals surface area contributed by atoms with Crippen LogP contribution in [0.1, 0.15) is 152 Å². The highest BCUT2D eigenvalue weighted by atomic mass is 31.1. The molecule has 0 fully saturated rings. The zero-order valence-corrected chi connectivity index (χ0v) is 41.0. The third-order valence-electron chi connectivity index (χ3n) is 9.10. The van der Waals surface area contributed by atoms with Gasteiger partial charge in [-0.05, 0) is 188 Å². The lowest BCUT2D eigenvalue weighted by molar-refractivity contribution is 0.554. The van der Waals surface area contributed by atoms with Crippen LogP contribution in [0.2, 0.25) is 58.9 Å². The number of rotatable bonds is 15. The van der Waals surface area contributed by atoms with E-state index in [1.165, 1.54) is 49.3 Å². The van der Waals surface area contributed by atoms with Gasteiger partial charge < -0.3 is 13.3 Å². The molecule has 0 radical (unpaired) electrons. The van der Waals surface area contributed by atoms with E-state index in [2.05, 4.69) is 178 Å². The average Bonchev–Trinajstić information content (AvgIpc) is 2.95. The Labute approximate surface area is 325 Å². The summed E-state index contributed by atoms with van der Waals surface area (Å²) in [4.78, 5) is 0. The van der Waals surface area contributed by atoms with Crippen LogP contribution in [0.4, 0.5) is 0 Å². The van der Waals surface area contributed by atoms with Gasteiger partial charge in [0.05, 0.1) is 0 Å². The van der Waals surface area contributed by atoms with E-state index in [0.717, 1.165) is 17.2 Å². The Morgan fingerprint density at radius 3 is 0.596 bits per heavy atom. The highest BCUT2D eigenvalue weighted by molar-refractivity contribution is 7.80. The Bertz CT molecular complexity index is 1400. The summed E-state index contributed by atoms with van der Waals surface area (Å²) in [5, 5.41) is 4.56. The highest BCUT2D eigenvalue weighted by Gasteiger charge is 2.36. The van der Waals surface area contributed by atoms with Crippen molar-refractivity contribution >= 4 is 48.8 Å². The second kappa shape index (κ2) is 16.9. The summed E-state index contributed by atoms with van der Waals surface area (Å²) in [6.07, 6.45) is 0. The third-order valence-corrected chi connectivity index (χ3v) is 14.5. The maximum Gasteiger partial charge on any atom is 0.242 e. The quantitative estimate of drug-likeness (QED) is 0.114. The Balaban J connectivity index is 2.81. The predicted molar refractivity (Wildman–Crippen MR) is 242 cm³/mol. The molecule has 0 saturated heterocycles. The van der Waals surface area contributed by atoms with Crippen molar-refractivity contribution < 1.29 is 13.3 Å². The topological polar surface area (TPSA) is 27.7 Å². The zero-order chi connectivity index (χ0) is 39.8. The van der Waals surface area contributed by atoms with E-state index in [-0.39, 0.29) is 0 Å². The molecule has 0 unspecified atom stereocenters. The van der Waals surface area contributed by atoms with Gasteiger partial charge in [-0.25, -0.2) is 0 Å². The standard InChI is InChI=1S/C45H75O3PSi3/c1-28(2)37-22-34(46-50(13,14)15)23-38(29(3)4)43(37)49(44-39(30(5)6)24-35(47-51(16,17)18)25-40(44)31(7)8)45-41(32(9)10)26-36(48-52(19,20)21)27-42(45)33(11)12/h22-33H,1-21H3. The molecule has 7 heteroatoms. The number of benzene rings is 3. The van der Waals surface area contributed by atoms with Crippen molar-refractivity contribution in [3.8, 4) is 17.2 Å². The summed E-state index contributed by atoms with van der Waals surface area (Å²) in [5.74, 6) is 5.02. The number of hydrogen-bond acceptors (Lipinski definition) is 3. The van der Waals surface area contributed by atoms with E-state index < -0.39 is 32.9 Å². The number of hydrogen-bond donors (Lipinski definition) is 0. The maximum atomic E-state index is 6.82. The summed E-state index contributed by atoms with van der Waals surface area (Å²) in [5.41, 5.74) is 8.52. The molecule has 0 aliphatic carbocycles. The molecule has 3 nitrogen and oxygen atoms in total. The predicted octanol–water partition coefficient (Wildman–Crippen LogP) is 13.8. The van der Waals surface area contributed by atoms with E-state index in [4.69, 9.17) is 13.3 Å². The summed E-state index contributed by atoms with van der Waals surface area (Å²) in [6.45, 7) is 49.2. The molecule has 0 N–H and O–H groups in total. The van der Waals surface area contributed by atoms with Crippen molar-refractivity contribution in [3.05, 3.63) is 69.8 Å². The van der Waals surface area contributed by atoms with Crippen molar-refractivity contribution in [2.45, 2.75) is 178 Å². The van der Waals surface area contributed by atoms with Crippen molar-refractivity contribution in [1.29, 1.82) is 0 Å². The molecule has 0 aromatic heterocycles. The molecule has 0 amide bonds. The molecule has 0 saturated carbocycles. The zero-order valence-electron chi connectivity index (χ0n) is 37.1. The van der Waals surface area contributed by atoms with Gasteiger partial charge in [0.15, 0.2) is 0 Å². The van der Waals surface area contributed by atoms with Crippen LogP contribution in [0.3, 0.4) is 0 Å². The van der Waals surface area contributed by atoms with Crippen LogP contribution < -0.4 is 29.2 Å². The SMILES string of the molecule is CC(C)c1cc(O[Si](C)(C)C)cc(C(C)C)c1P(c1c(C(C)C)cc(O[Si](C)(C)C)cc1C(C)C)c1c(C(C)C)cc(O[Si](C)(C)C)cc1C(C)C. The van der Waals surface area contributed by atoms with E-state index >= 15 is 0 Å². The summed E-state index contributed by atoms with van der Waals surface area (Å²) in [7, 11) is -6.58. The molecule has 0 aliphatic rings. The molecule has 0 spiro atoms. The van der Waals surface area contributed by atoms with Crippen molar-refractivity contribution in [1.82, 2.24) is 0 Å². The average molecular weight is 779 g/mol. The molecule has 3 aromatic carbocycles. The molecule has 0 bridgehead atoms. The Morgan fingerprint density at radius 2 is 0.481 bits per heavy atom. The first kappa shape index (κ1) is 44.5. The van der Waals surface area contributed by atoms with Crippen molar-refractivity contribution in [2.75, 3.05) is 0 Å². The third kappa shape index (κ3) is 11.3. The Hall–Kier alpha value is -1.86. The molecular formula is C45H75O3PSi3. The van der Waals surface area contributed by atoms with Crippen LogP contribution in [0.25, 0.3) is 0 Å². The fraction of sp³-hybridized carbons (Fsp3) is 0.600. The molecule has 52 heavy (non-hydrogen) atoms.